The number of anilines is 2. The Kier molecular flexibility index (Phi) is 3.67. The highest BCUT2D eigenvalue weighted by Crippen LogP contribution is 2.33. The molecule has 0 spiro atoms. The zero-order chi connectivity index (χ0) is 15.0. The van der Waals surface area contributed by atoms with Gasteiger partial charge in [-0.3, -0.25) is 4.79 Å². The van der Waals surface area contributed by atoms with Crippen molar-refractivity contribution in [2.45, 2.75) is 26.2 Å². The quantitative estimate of drug-likeness (QED) is 0.899. The second kappa shape index (κ2) is 5.48. The summed E-state index contributed by atoms with van der Waals surface area (Å²) in [7, 11) is 0. The first-order chi connectivity index (χ1) is 10.0. The van der Waals surface area contributed by atoms with Crippen LogP contribution in [0.2, 0.25) is 0 Å². The van der Waals surface area contributed by atoms with Gasteiger partial charge in [-0.2, -0.15) is 4.98 Å². The Balaban J connectivity index is 1.83. The number of amides is 1. The van der Waals surface area contributed by atoms with Crippen molar-refractivity contribution < 1.29 is 4.79 Å². The monoisotopic (exact) mass is 305 g/mol. The molecule has 4 N–H and O–H groups in total. The molecule has 6 nitrogen and oxygen atoms in total. The van der Waals surface area contributed by atoms with Gasteiger partial charge in [0.05, 0.1) is 5.39 Å². The normalized spacial score (nSPS) is 16.5. The minimum Gasteiger partial charge on any atom is -0.370 e. The van der Waals surface area contributed by atoms with Gasteiger partial charge in [-0.1, -0.05) is 0 Å². The van der Waals surface area contributed by atoms with Crippen molar-refractivity contribution in [3.63, 3.8) is 0 Å². The van der Waals surface area contributed by atoms with Gasteiger partial charge in [-0.15, -0.1) is 11.3 Å². The van der Waals surface area contributed by atoms with Gasteiger partial charge < -0.3 is 16.4 Å². The lowest BCUT2D eigenvalue weighted by molar-refractivity contribution is -0.119. The van der Waals surface area contributed by atoms with E-state index in [0.717, 1.165) is 42.0 Å². The van der Waals surface area contributed by atoms with Gasteiger partial charge in [0.15, 0.2) is 0 Å². The Morgan fingerprint density at radius 2 is 2.14 bits per heavy atom. The van der Waals surface area contributed by atoms with E-state index in [4.69, 9.17) is 11.5 Å². The molecule has 21 heavy (non-hydrogen) atoms. The van der Waals surface area contributed by atoms with Crippen LogP contribution in [0.25, 0.3) is 10.2 Å². The van der Waals surface area contributed by atoms with Crippen molar-refractivity contribution >= 4 is 39.2 Å². The molecule has 0 bridgehead atoms. The molecule has 0 saturated carbocycles. The summed E-state index contributed by atoms with van der Waals surface area (Å²) >= 11 is 1.63. The molecular weight excluding hydrogens is 286 g/mol. The molecule has 0 aliphatic carbocycles. The molecule has 1 amide bonds. The maximum absolute atomic E-state index is 11.0. The Hall–Kier alpha value is -1.89. The molecule has 3 heterocycles. The lowest BCUT2D eigenvalue weighted by Crippen LogP contribution is -2.35. The number of nitrogens with zero attached hydrogens (tertiary/aromatic N) is 3. The maximum Gasteiger partial charge on any atom is 0.223 e. The molecule has 0 aromatic carbocycles. The lowest BCUT2D eigenvalue weighted by atomic mass is 9.93. The highest BCUT2D eigenvalue weighted by molar-refractivity contribution is 7.18. The minimum absolute atomic E-state index is 0.212. The van der Waals surface area contributed by atoms with Crippen LogP contribution < -0.4 is 16.4 Å². The Morgan fingerprint density at radius 1 is 1.43 bits per heavy atom. The van der Waals surface area contributed by atoms with Crippen LogP contribution >= 0.6 is 11.3 Å². The molecule has 2 aromatic rings. The fraction of sp³-hybridized carbons (Fsp3) is 0.500. The predicted octanol–water partition coefficient (Wildman–Crippen LogP) is 1.67. The summed E-state index contributed by atoms with van der Waals surface area (Å²) in [4.78, 5) is 24.1. The number of fused-ring (bicyclic) bond motifs is 1. The van der Waals surface area contributed by atoms with E-state index in [1.165, 1.54) is 4.88 Å². The summed E-state index contributed by atoms with van der Waals surface area (Å²) in [6.07, 6.45) is 2.39. The average molecular weight is 305 g/mol. The zero-order valence-corrected chi connectivity index (χ0v) is 12.8. The van der Waals surface area contributed by atoms with E-state index < -0.39 is 0 Å². The maximum atomic E-state index is 11.0. The summed E-state index contributed by atoms with van der Waals surface area (Å²) < 4.78 is 0. The van der Waals surface area contributed by atoms with Crippen LogP contribution in [-0.2, 0) is 4.79 Å². The molecule has 0 radical (unpaired) electrons. The van der Waals surface area contributed by atoms with Crippen molar-refractivity contribution in [1.29, 1.82) is 0 Å². The highest BCUT2D eigenvalue weighted by atomic mass is 32.1. The largest absolute Gasteiger partial charge is 0.370 e. The van der Waals surface area contributed by atoms with Gasteiger partial charge in [0, 0.05) is 24.4 Å². The first-order valence-electron chi connectivity index (χ1n) is 7.10. The number of carbonyl (C=O) groups excluding carboxylic acids is 1. The summed E-state index contributed by atoms with van der Waals surface area (Å²) in [6, 6.07) is 2.12. The summed E-state index contributed by atoms with van der Waals surface area (Å²) in [5, 5.41) is 1.07. The smallest absolute Gasteiger partial charge is 0.223 e. The van der Waals surface area contributed by atoms with Gasteiger partial charge in [0.25, 0.3) is 0 Å². The van der Waals surface area contributed by atoms with Crippen LogP contribution in [-0.4, -0.2) is 29.0 Å². The van der Waals surface area contributed by atoms with E-state index >= 15 is 0 Å². The van der Waals surface area contributed by atoms with Gasteiger partial charge in [0.1, 0.15) is 10.6 Å². The molecule has 2 aromatic heterocycles. The molecule has 7 heteroatoms. The van der Waals surface area contributed by atoms with Crippen LogP contribution in [0.1, 0.15) is 24.1 Å². The molecule has 1 aliphatic heterocycles. The number of primary amides is 1. The third kappa shape index (κ3) is 2.92. The number of aryl methyl sites for hydroxylation is 1. The third-order valence-electron chi connectivity index (χ3n) is 3.92. The van der Waals surface area contributed by atoms with Crippen LogP contribution in [0, 0.1) is 12.8 Å². The summed E-state index contributed by atoms with van der Waals surface area (Å²) in [5.41, 5.74) is 11.1. The summed E-state index contributed by atoms with van der Waals surface area (Å²) in [6.45, 7) is 3.81. The molecule has 0 unspecified atom stereocenters. The van der Waals surface area contributed by atoms with E-state index in [-0.39, 0.29) is 5.91 Å². The Bertz CT molecular complexity index is 675. The third-order valence-corrected chi connectivity index (χ3v) is 4.86. The van der Waals surface area contributed by atoms with Gasteiger partial charge in [-0.05, 0) is 31.7 Å². The fourth-order valence-corrected chi connectivity index (χ4v) is 3.80. The first kappa shape index (κ1) is 14.1. The van der Waals surface area contributed by atoms with E-state index in [1.807, 2.05) is 0 Å². The molecule has 3 rings (SSSR count). The number of thiophene rings is 1. The van der Waals surface area contributed by atoms with Crippen LogP contribution in [0.15, 0.2) is 6.07 Å². The number of aromatic nitrogens is 2. The SMILES string of the molecule is Cc1cc2c(N3CCC(CC(N)=O)CC3)nc(N)nc2s1. The molecule has 1 saturated heterocycles. The molecule has 1 fully saturated rings. The van der Waals surface area contributed by atoms with Crippen LogP contribution in [0.3, 0.4) is 0 Å². The number of piperidine rings is 1. The average Bonchev–Trinajstić information content (AvgIpc) is 2.78. The topological polar surface area (TPSA) is 98.1 Å². The van der Waals surface area contributed by atoms with E-state index in [2.05, 4.69) is 27.9 Å². The predicted molar refractivity (Wildman–Crippen MR) is 85.3 cm³/mol. The van der Waals surface area contributed by atoms with Crippen molar-refractivity contribution in [1.82, 2.24) is 9.97 Å². The van der Waals surface area contributed by atoms with Crippen molar-refractivity contribution in [2.24, 2.45) is 11.7 Å². The molecule has 1 aliphatic rings. The second-order valence-corrected chi connectivity index (χ2v) is 6.82. The van der Waals surface area contributed by atoms with E-state index in [9.17, 15) is 4.79 Å². The molecule has 112 valence electrons. The summed E-state index contributed by atoms with van der Waals surface area (Å²) in [5.74, 6) is 1.41. The fourth-order valence-electron chi connectivity index (χ4n) is 2.92. The van der Waals surface area contributed by atoms with Crippen molar-refractivity contribution in [3.05, 3.63) is 10.9 Å². The highest BCUT2D eigenvalue weighted by Gasteiger charge is 2.23. The lowest BCUT2D eigenvalue weighted by Gasteiger charge is -2.32. The van der Waals surface area contributed by atoms with Crippen molar-refractivity contribution in [3.8, 4) is 0 Å². The van der Waals surface area contributed by atoms with Crippen molar-refractivity contribution in [2.75, 3.05) is 23.7 Å². The number of rotatable bonds is 3. The van der Waals surface area contributed by atoms with E-state index in [1.54, 1.807) is 11.3 Å². The molecule has 0 atom stereocenters. The number of hydrogen-bond acceptors (Lipinski definition) is 6. The second-order valence-electron chi connectivity index (χ2n) is 5.58. The number of carbonyl (C=O) groups is 1. The number of nitrogens with two attached hydrogens (primary N) is 2. The standard InChI is InChI=1S/C14H19N5OS/c1-8-6-10-12(17-14(16)18-13(10)21-8)19-4-2-9(3-5-19)7-11(15)20/h6,9H,2-5,7H2,1H3,(H2,15,20)(H2,16,17,18). The van der Waals surface area contributed by atoms with Gasteiger partial charge >= 0.3 is 0 Å². The molecular formula is C14H19N5OS. The Labute approximate surface area is 127 Å². The van der Waals surface area contributed by atoms with E-state index in [0.29, 0.717) is 18.3 Å². The first-order valence-corrected chi connectivity index (χ1v) is 7.91. The van der Waals surface area contributed by atoms with Gasteiger partial charge in [-0.25, -0.2) is 4.98 Å². The Morgan fingerprint density at radius 3 is 2.81 bits per heavy atom. The van der Waals surface area contributed by atoms with Gasteiger partial charge in [0.2, 0.25) is 11.9 Å². The number of hydrogen-bond donors (Lipinski definition) is 2. The number of nitrogen functional groups attached to an aromatic ring is 1. The van der Waals surface area contributed by atoms with Crippen LogP contribution in [0.5, 0.6) is 0 Å². The zero-order valence-electron chi connectivity index (χ0n) is 12.0. The minimum atomic E-state index is -0.212. The van der Waals surface area contributed by atoms with Crippen LogP contribution in [0.4, 0.5) is 11.8 Å².